The van der Waals surface area contributed by atoms with Crippen LogP contribution in [-0.2, 0) is 27.5 Å². The zero-order chi connectivity index (χ0) is 38.5. The number of rotatable bonds is 12. The highest BCUT2D eigenvalue weighted by Crippen LogP contribution is 2.34. The van der Waals surface area contributed by atoms with E-state index in [2.05, 4.69) is 51.4 Å². The molecule has 0 radical (unpaired) electrons. The number of hydrogen-bond acceptors (Lipinski definition) is 8. The number of anilines is 2. The lowest BCUT2D eigenvalue weighted by molar-refractivity contribution is -0.192. The van der Waals surface area contributed by atoms with Gasteiger partial charge in [-0.3, -0.25) is 15.0 Å². The Bertz CT molecular complexity index is 1970. The number of carbonyl (C=O) groups is 3. The summed E-state index contributed by atoms with van der Waals surface area (Å²) in [6.07, 6.45) is -4.95. The van der Waals surface area contributed by atoms with Crippen LogP contribution in [0, 0.1) is 0 Å². The smallest absolute Gasteiger partial charge is 0.475 e. The summed E-state index contributed by atoms with van der Waals surface area (Å²) in [5.74, 6) is -1.91. The first-order valence-corrected chi connectivity index (χ1v) is 18.1. The molecule has 282 valence electrons. The number of halogens is 3. The molecule has 54 heavy (non-hydrogen) atoms. The first kappa shape index (κ1) is 39.5. The molecule has 1 aliphatic rings. The van der Waals surface area contributed by atoms with E-state index in [9.17, 15) is 22.8 Å². The number of nitrogens with one attached hydrogen (secondary N) is 1. The van der Waals surface area contributed by atoms with Crippen molar-refractivity contribution in [1.29, 1.82) is 0 Å². The van der Waals surface area contributed by atoms with Gasteiger partial charge in [-0.05, 0) is 75.5 Å². The number of hydrogen-bond donors (Lipinski definition) is 3. The predicted molar refractivity (Wildman–Crippen MR) is 203 cm³/mol. The van der Waals surface area contributed by atoms with Crippen molar-refractivity contribution in [3.63, 3.8) is 0 Å². The fraction of sp³-hybridized carbons (Fsp3) is 0.225. The molecule has 0 bridgehead atoms. The molecule has 1 fully saturated rings. The van der Waals surface area contributed by atoms with Gasteiger partial charge in [-0.1, -0.05) is 66.7 Å². The van der Waals surface area contributed by atoms with Crippen molar-refractivity contribution in [3.8, 4) is 22.6 Å². The molecular weight excluding hydrogens is 720 g/mol. The van der Waals surface area contributed by atoms with Crippen LogP contribution in [0.4, 0.5) is 24.5 Å². The lowest BCUT2D eigenvalue weighted by Crippen LogP contribution is -2.53. The van der Waals surface area contributed by atoms with Gasteiger partial charge in [-0.15, -0.1) is 0 Å². The molecule has 10 nitrogen and oxygen atoms in total. The van der Waals surface area contributed by atoms with Crippen LogP contribution in [0.15, 0.2) is 120 Å². The lowest BCUT2D eigenvalue weighted by Gasteiger charge is -2.36. The summed E-state index contributed by atoms with van der Waals surface area (Å²) in [6.45, 7) is 3.77. The fourth-order valence-corrected chi connectivity index (χ4v) is 6.32. The van der Waals surface area contributed by atoms with Gasteiger partial charge < -0.3 is 25.4 Å². The Morgan fingerprint density at radius 1 is 0.815 bits per heavy atom. The van der Waals surface area contributed by atoms with Crippen molar-refractivity contribution in [3.05, 3.63) is 131 Å². The van der Waals surface area contributed by atoms with Crippen molar-refractivity contribution in [2.24, 2.45) is 5.73 Å². The van der Waals surface area contributed by atoms with Gasteiger partial charge in [0.2, 0.25) is 11.8 Å². The molecule has 0 saturated carbocycles. The van der Waals surface area contributed by atoms with Gasteiger partial charge >= 0.3 is 12.1 Å². The summed E-state index contributed by atoms with van der Waals surface area (Å²) in [7, 11) is 0. The number of hydrazine groups is 1. The number of carbonyl (C=O) groups excluding carboxylic acids is 2. The highest BCUT2D eigenvalue weighted by Gasteiger charge is 2.38. The molecule has 6 rings (SSSR count). The van der Waals surface area contributed by atoms with E-state index >= 15 is 0 Å². The van der Waals surface area contributed by atoms with Crippen molar-refractivity contribution in [2.75, 3.05) is 36.0 Å². The number of para-hydroxylation sites is 3. The molecular formula is C40H40F3N5O5S. The van der Waals surface area contributed by atoms with Gasteiger partial charge in [0, 0.05) is 51.3 Å². The summed E-state index contributed by atoms with van der Waals surface area (Å²) < 4.78 is 38.1. The monoisotopic (exact) mass is 759 g/mol. The van der Waals surface area contributed by atoms with Crippen molar-refractivity contribution in [1.82, 2.24) is 10.4 Å². The van der Waals surface area contributed by atoms with Gasteiger partial charge in [0.1, 0.15) is 5.75 Å². The average molecular weight is 760 g/mol. The number of benzene rings is 4. The van der Waals surface area contributed by atoms with E-state index in [1.807, 2.05) is 83.9 Å². The number of ether oxygens (including phenoxy) is 1. The summed E-state index contributed by atoms with van der Waals surface area (Å²) in [5, 5.41) is 13.2. The fourth-order valence-electron chi connectivity index (χ4n) is 5.65. The van der Waals surface area contributed by atoms with Crippen molar-refractivity contribution < 1.29 is 37.4 Å². The number of piperazine rings is 1. The Balaban J connectivity index is 0.000000730. The Morgan fingerprint density at radius 3 is 2.15 bits per heavy atom. The van der Waals surface area contributed by atoms with Crippen LogP contribution in [0.1, 0.15) is 24.0 Å². The topological polar surface area (TPSA) is 128 Å². The van der Waals surface area contributed by atoms with Gasteiger partial charge in [-0.25, -0.2) is 9.80 Å². The Morgan fingerprint density at radius 2 is 1.50 bits per heavy atom. The molecule has 0 aliphatic carbocycles. The van der Waals surface area contributed by atoms with Crippen LogP contribution in [0.25, 0.3) is 11.1 Å². The minimum Gasteiger partial charge on any atom is -0.475 e. The van der Waals surface area contributed by atoms with E-state index in [1.54, 1.807) is 16.2 Å². The summed E-state index contributed by atoms with van der Waals surface area (Å²) in [6, 6.07) is 35.7. The van der Waals surface area contributed by atoms with Gasteiger partial charge in [-0.2, -0.15) is 24.5 Å². The van der Waals surface area contributed by atoms with Crippen molar-refractivity contribution in [2.45, 2.75) is 32.1 Å². The lowest BCUT2D eigenvalue weighted by atomic mass is 10.1. The molecule has 2 heterocycles. The molecule has 0 atom stereocenters. The van der Waals surface area contributed by atoms with Crippen molar-refractivity contribution >= 4 is 40.5 Å². The predicted octanol–water partition coefficient (Wildman–Crippen LogP) is 7.47. The maximum absolute atomic E-state index is 14.0. The minimum atomic E-state index is -5.08. The number of amides is 2. The Hall–Kier alpha value is -5.70. The number of alkyl halides is 3. The normalized spacial score (nSPS) is 13.0. The van der Waals surface area contributed by atoms with E-state index in [-0.39, 0.29) is 24.7 Å². The van der Waals surface area contributed by atoms with Crippen LogP contribution in [0.3, 0.4) is 0 Å². The molecule has 4 aromatic carbocycles. The van der Waals surface area contributed by atoms with E-state index in [0.29, 0.717) is 43.4 Å². The van der Waals surface area contributed by atoms with Crippen LogP contribution >= 0.6 is 11.3 Å². The van der Waals surface area contributed by atoms with Crippen LogP contribution in [-0.4, -0.2) is 60.3 Å². The molecule has 1 saturated heterocycles. The second kappa shape index (κ2) is 18.9. The van der Waals surface area contributed by atoms with Gasteiger partial charge in [0.25, 0.3) is 0 Å². The third-order valence-electron chi connectivity index (χ3n) is 8.46. The maximum Gasteiger partial charge on any atom is 0.490 e. The zero-order valence-electron chi connectivity index (χ0n) is 29.2. The second-order valence-corrected chi connectivity index (χ2v) is 13.0. The first-order chi connectivity index (χ1) is 26.0. The van der Waals surface area contributed by atoms with Gasteiger partial charge in [0.15, 0.2) is 5.75 Å². The molecule has 14 heteroatoms. The number of aliphatic carboxylic acids is 1. The maximum atomic E-state index is 14.0. The largest absolute Gasteiger partial charge is 0.490 e. The summed E-state index contributed by atoms with van der Waals surface area (Å²) >= 11 is 1.66. The Kier molecular flexibility index (Phi) is 13.8. The van der Waals surface area contributed by atoms with Crippen LogP contribution in [0.5, 0.6) is 11.5 Å². The number of carboxylic acids is 1. The van der Waals surface area contributed by atoms with Gasteiger partial charge in [0.05, 0.1) is 12.2 Å². The molecule has 4 N–H and O–H groups in total. The highest BCUT2D eigenvalue weighted by atomic mass is 32.1. The van der Waals surface area contributed by atoms with E-state index in [0.717, 1.165) is 29.8 Å². The third-order valence-corrected chi connectivity index (χ3v) is 9.14. The molecule has 0 spiro atoms. The Labute approximate surface area is 315 Å². The second-order valence-electron chi connectivity index (χ2n) is 12.3. The quantitative estimate of drug-likeness (QED) is 0.120. The number of carboxylic acid groups (broad SMARTS) is 1. The zero-order valence-corrected chi connectivity index (χ0v) is 30.1. The molecule has 5 aromatic rings. The molecule has 0 unspecified atom stereocenters. The summed E-state index contributed by atoms with van der Waals surface area (Å²) in [5.41, 5.74) is 14.9. The van der Waals surface area contributed by atoms with E-state index in [1.165, 1.54) is 11.3 Å². The number of nitrogens with two attached hydrogens (primary N) is 1. The van der Waals surface area contributed by atoms with E-state index in [4.69, 9.17) is 20.4 Å². The van der Waals surface area contributed by atoms with E-state index < -0.39 is 12.1 Å². The SMILES string of the molecule is NCc1cccc(Oc2ccccc2N(Cc2ccc(-c3ccsc3)cc2)C(=O)CCC(=O)NN2CCN(c3ccccc3)CC2)c1.O=C(O)C(F)(F)F. The average Bonchev–Trinajstić information content (AvgIpc) is 3.73. The van der Waals surface area contributed by atoms with Crippen LogP contribution < -0.4 is 25.7 Å². The molecule has 2 amide bonds. The standard InChI is InChI=1S/C38H39N5O3S.C2HF3O2/c39-26-30-7-6-10-34(25-30)46-36-12-5-4-11-35(36)43(27-29-13-15-31(16-14-29)32-19-24-47-28-32)38(45)18-17-37(44)40-42-22-20-41(21-23-42)33-8-2-1-3-9-33;3-2(4,5)1(6)7/h1-16,19,24-25,28H,17-18,20-23,26-27,39H2,(H,40,44);(H,6,7). The number of nitrogens with zero attached hydrogens (tertiary/aromatic N) is 3. The first-order valence-electron chi connectivity index (χ1n) is 17.1. The summed E-state index contributed by atoms with van der Waals surface area (Å²) in [4.78, 5) is 39.9. The third kappa shape index (κ3) is 11.4. The van der Waals surface area contributed by atoms with Crippen LogP contribution in [0.2, 0.25) is 0 Å². The number of thiophene rings is 1. The minimum absolute atomic E-state index is 0.0554. The molecule has 1 aliphatic heterocycles. The highest BCUT2D eigenvalue weighted by molar-refractivity contribution is 7.08. The molecule has 1 aromatic heterocycles.